The Bertz CT molecular complexity index is 220. The molecule has 7 heteroatoms. The van der Waals surface area contributed by atoms with E-state index in [9.17, 15) is 17.6 Å². The summed E-state index contributed by atoms with van der Waals surface area (Å²) < 4.78 is 49.6. The lowest BCUT2D eigenvalue weighted by Crippen LogP contribution is -2.51. The Labute approximate surface area is 98.0 Å². The van der Waals surface area contributed by atoms with Crippen molar-refractivity contribution in [3.05, 3.63) is 0 Å². The van der Waals surface area contributed by atoms with Gasteiger partial charge in [0.15, 0.2) is 0 Å². The molecule has 0 aliphatic carbocycles. The van der Waals surface area contributed by atoms with E-state index in [0.717, 1.165) is 6.54 Å². The van der Waals surface area contributed by atoms with Crippen molar-refractivity contribution in [2.75, 3.05) is 45.9 Å². The molecule has 1 heterocycles. The number of hydrogen-bond acceptors (Lipinski definition) is 3. The van der Waals surface area contributed by atoms with Gasteiger partial charge in [-0.2, -0.15) is 8.78 Å². The quantitative estimate of drug-likeness (QED) is 0.717. The summed E-state index contributed by atoms with van der Waals surface area (Å²) in [6.07, 6.45) is -2.96. The molecule has 0 amide bonds. The van der Waals surface area contributed by atoms with Crippen molar-refractivity contribution in [2.24, 2.45) is 0 Å². The number of aliphatic hydroxyl groups excluding tert-OH is 1. The van der Waals surface area contributed by atoms with Crippen LogP contribution >= 0.6 is 0 Å². The van der Waals surface area contributed by atoms with E-state index in [0.29, 0.717) is 32.6 Å². The Morgan fingerprint density at radius 1 is 1.06 bits per heavy atom. The van der Waals surface area contributed by atoms with E-state index in [2.05, 4.69) is 0 Å². The molecule has 0 aromatic heterocycles. The first-order valence-corrected chi connectivity index (χ1v) is 5.67. The van der Waals surface area contributed by atoms with Crippen molar-refractivity contribution in [3.63, 3.8) is 0 Å². The van der Waals surface area contributed by atoms with Crippen molar-refractivity contribution in [3.8, 4) is 0 Å². The maximum atomic E-state index is 12.8. The minimum absolute atomic E-state index is 0.101. The first-order chi connectivity index (χ1) is 7.95. The largest absolute Gasteiger partial charge is 0.396 e. The number of piperazine rings is 1. The molecule has 0 aromatic rings. The highest BCUT2D eigenvalue weighted by atomic mass is 19.3. The second-order valence-electron chi connectivity index (χ2n) is 4.26. The lowest BCUT2D eigenvalue weighted by atomic mass is 10.2. The van der Waals surface area contributed by atoms with Gasteiger partial charge >= 0.3 is 12.3 Å². The molecule has 0 unspecified atom stereocenters. The van der Waals surface area contributed by atoms with Crippen LogP contribution in [0.5, 0.6) is 0 Å². The van der Waals surface area contributed by atoms with Gasteiger partial charge in [0.05, 0.1) is 6.54 Å². The summed E-state index contributed by atoms with van der Waals surface area (Å²) in [5.41, 5.74) is 0. The molecule has 1 fully saturated rings. The fraction of sp³-hybridized carbons (Fsp3) is 1.00. The van der Waals surface area contributed by atoms with Crippen LogP contribution in [-0.4, -0.2) is 73.1 Å². The van der Waals surface area contributed by atoms with Crippen LogP contribution < -0.4 is 0 Å². The van der Waals surface area contributed by atoms with Crippen LogP contribution in [0.1, 0.15) is 6.42 Å². The lowest BCUT2D eigenvalue weighted by molar-refractivity contribution is -0.145. The third-order valence-corrected chi connectivity index (χ3v) is 2.85. The molecule has 0 radical (unpaired) electrons. The van der Waals surface area contributed by atoms with E-state index >= 15 is 0 Å². The molecule has 0 aromatic carbocycles. The van der Waals surface area contributed by atoms with E-state index in [1.54, 1.807) is 0 Å². The Kier molecular flexibility index (Phi) is 5.61. The number of aliphatic hydroxyl groups is 1. The first-order valence-electron chi connectivity index (χ1n) is 5.67. The Morgan fingerprint density at radius 3 is 2.06 bits per heavy atom. The van der Waals surface area contributed by atoms with Crippen LogP contribution in [0.25, 0.3) is 0 Å². The molecule has 17 heavy (non-hydrogen) atoms. The summed E-state index contributed by atoms with van der Waals surface area (Å²) in [6.45, 7) is 1.85. The molecule has 1 saturated heterocycles. The molecule has 1 aliphatic rings. The maximum absolute atomic E-state index is 12.8. The SMILES string of the molecule is OCCCN1CCN(CC(F)(F)C(F)F)CC1. The first kappa shape index (κ1) is 14.7. The smallest absolute Gasteiger partial charge is 0.319 e. The molecule has 1 N–H and O–H groups in total. The minimum Gasteiger partial charge on any atom is -0.396 e. The highest BCUT2D eigenvalue weighted by Gasteiger charge is 2.42. The molecule has 0 atom stereocenters. The van der Waals surface area contributed by atoms with Crippen molar-refractivity contribution in [1.29, 1.82) is 0 Å². The normalized spacial score (nSPS) is 20.1. The standard InChI is InChI=1S/C10H18F4N2O/c11-9(12)10(13,14)8-16-5-3-15(4-6-16)2-1-7-17/h9,17H,1-8H2. The predicted octanol–water partition coefficient (Wildman–Crippen LogP) is 0.887. The molecular formula is C10H18F4N2O. The third-order valence-electron chi connectivity index (χ3n) is 2.85. The predicted molar refractivity (Wildman–Crippen MR) is 55.5 cm³/mol. The fourth-order valence-electron chi connectivity index (χ4n) is 1.83. The average molecular weight is 258 g/mol. The Hall–Kier alpha value is -0.400. The highest BCUT2D eigenvalue weighted by molar-refractivity contribution is 4.79. The number of halogens is 4. The second-order valence-corrected chi connectivity index (χ2v) is 4.26. The zero-order valence-electron chi connectivity index (χ0n) is 9.59. The van der Waals surface area contributed by atoms with Gasteiger partial charge in [-0.1, -0.05) is 0 Å². The molecule has 102 valence electrons. The van der Waals surface area contributed by atoms with Crippen LogP contribution in [0.3, 0.4) is 0 Å². The van der Waals surface area contributed by atoms with Gasteiger partial charge in [-0.15, -0.1) is 0 Å². The molecule has 1 rings (SSSR count). The summed E-state index contributed by atoms with van der Waals surface area (Å²) in [5, 5.41) is 8.64. The Balaban J connectivity index is 2.27. The van der Waals surface area contributed by atoms with E-state index in [1.165, 1.54) is 4.90 Å². The number of hydrogen-bond donors (Lipinski definition) is 1. The molecule has 3 nitrogen and oxygen atoms in total. The summed E-state index contributed by atoms with van der Waals surface area (Å²) in [4.78, 5) is 3.40. The number of rotatable bonds is 6. The summed E-state index contributed by atoms with van der Waals surface area (Å²) >= 11 is 0. The van der Waals surface area contributed by atoms with Crippen LogP contribution in [0.15, 0.2) is 0 Å². The van der Waals surface area contributed by atoms with Crippen molar-refractivity contribution < 1.29 is 22.7 Å². The van der Waals surface area contributed by atoms with Crippen molar-refractivity contribution in [1.82, 2.24) is 9.80 Å². The average Bonchev–Trinajstić information content (AvgIpc) is 2.27. The van der Waals surface area contributed by atoms with Crippen LogP contribution in [0.4, 0.5) is 17.6 Å². The summed E-state index contributed by atoms with van der Waals surface area (Å²) in [5.74, 6) is -3.92. The molecule has 0 bridgehead atoms. The van der Waals surface area contributed by atoms with Gasteiger partial charge in [0.2, 0.25) is 0 Å². The van der Waals surface area contributed by atoms with Gasteiger partial charge in [0.25, 0.3) is 0 Å². The lowest BCUT2D eigenvalue weighted by Gasteiger charge is -2.36. The summed E-state index contributed by atoms with van der Waals surface area (Å²) in [7, 11) is 0. The number of alkyl halides is 4. The highest BCUT2D eigenvalue weighted by Crippen LogP contribution is 2.24. The van der Waals surface area contributed by atoms with Gasteiger partial charge in [-0.25, -0.2) is 8.78 Å². The van der Waals surface area contributed by atoms with Gasteiger partial charge in [-0.3, -0.25) is 4.90 Å². The van der Waals surface area contributed by atoms with E-state index in [1.807, 2.05) is 4.90 Å². The third kappa shape index (κ3) is 4.77. The molecule has 0 saturated carbocycles. The van der Waals surface area contributed by atoms with Gasteiger partial charge in [0.1, 0.15) is 0 Å². The van der Waals surface area contributed by atoms with Crippen LogP contribution in [-0.2, 0) is 0 Å². The Morgan fingerprint density at radius 2 is 1.59 bits per heavy atom. The van der Waals surface area contributed by atoms with E-state index < -0.39 is 18.9 Å². The van der Waals surface area contributed by atoms with Crippen molar-refractivity contribution in [2.45, 2.75) is 18.8 Å². The maximum Gasteiger partial charge on any atom is 0.319 e. The summed E-state index contributed by atoms with van der Waals surface area (Å²) in [6, 6.07) is 0. The van der Waals surface area contributed by atoms with E-state index in [4.69, 9.17) is 5.11 Å². The topological polar surface area (TPSA) is 26.7 Å². The van der Waals surface area contributed by atoms with Gasteiger partial charge in [-0.05, 0) is 6.42 Å². The molecule has 1 aliphatic heterocycles. The zero-order chi connectivity index (χ0) is 12.9. The zero-order valence-corrected chi connectivity index (χ0v) is 9.59. The van der Waals surface area contributed by atoms with Crippen LogP contribution in [0.2, 0.25) is 0 Å². The van der Waals surface area contributed by atoms with Crippen LogP contribution in [0, 0.1) is 0 Å². The van der Waals surface area contributed by atoms with Crippen molar-refractivity contribution >= 4 is 0 Å². The molecule has 0 spiro atoms. The second kappa shape index (κ2) is 6.51. The van der Waals surface area contributed by atoms with E-state index in [-0.39, 0.29) is 6.61 Å². The minimum atomic E-state index is -3.92. The van der Waals surface area contributed by atoms with Gasteiger partial charge < -0.3 is 10.0 Å². The number of nitrogens with zero attached hydrogens (tertiary/aromatic N) is 2. The fourth-order valence-corrected chi connectivity index (χ4v) is 1.83. The van der Waals surface area contributed by atoms with Gasteiger partial charge in [0, 0.05) is 39.3 Å². The monoisotopic (exact) mass is 258 g/mol. The molecular weight excluding hydrogens is 240 g/mol.